The summed E-state index contributed by atoms with van der Waals surface area (Å²) in [6, 6.07) is 8.95. The van der Waals surface area contributed by atoms with Gasteiger partial charge in [-0.2, -0.15) is 16.6 Å². The largest absolute Gasteiger partial charge is 0.493 e. The van der Waals surface area contributed by atoms with Gasteiger partial charge in [0.15, 0.2) is 11.5 Å². The summed E-state index contributed by atoms with van der Waals surface area (Å²) in [6.07, 6.45) is 1.55. The Balaban J connectivity index is 2.34. The fourth-order valence-electron chi connectivity index (χ4n) is 1.91. The highest BCUT2D eigenvalue weighted by Crippen LogP contribution is 2.29. The number of rotatable bonds is 6. The van der Waals surface area contributed by atoms with Crippen molar-refractivity contribution in [2.75, 3.05) is 13.7 Å². The Kier molecular flexibility index (Phi) is 5.34. The molecule has 0 aliphatic carbocycles. The van der Waals surface area contributed by atoms with Crippen molar-refractivity contribution in [2.45, 2.75) is 6.92 Å². The maximum absolute atomic E-state index is 12.2. The van der Waals surface area contributed by atoms with Crippen LogP contribution in [0.2, 0.25) is 0 Å². The first-order valence-corrected chi connectivity index (χ1v) is 7.63. The number of benzene rings is 1. The van der Waals surface area contributed by atoms with Gasteiger partial charge in [-0.3, -0.25) is 4.79 Å². The molecule has 0 bridgehead atoms. The number of carbonyl (C=O) groups excluding carboxylic acids is 1. The zero-order valence-corrected chi connectivity index (χ0v) is 13.1. The van der Waals surface area contributed by atoms with Gasteiger partial charge in [-0.1, -0.05) is 6.07 Å². The Morgan fingerprint density at radius 3 is 2.77 bits per heavy atom. The van der Waals surface area contributed by atoms with Gasteiger partial charge in [0.25, 0.3) is 0 Å². The first-order valence-electron chi connectivity index (χ1n) is 6.69. The molecule has 0 saturated heterocycles. The number of methoxy groups -OCH3 is 1. The third kappa shape index (κ3) is 3.54. The number of allylic oxidation sites excluding steroid dienone is 1. The maximum Gasteiger partial charge on any atom is 0.204 e. The van der Waals surface area contributed by atoms with Gasteiger partial charge in [0.05, 0.1) is 13.7 Å². The Bertz CT molecular complexity index is 727. The number of thiophene rings is 1. The van der Waals surface area contributed by atoms with Crippen LogP contribution in [0.5, 0.6) is 11.5 Å². The molecule has 0 unspecified atom stereocenters. The molecule has 0 N–H and O–H groups in total. The number of Topliss-reactive ketones (excluding diaryl/α,β-unsaturated/α-hetero) is 1. The van der Waals surface area contributed by atoms with E-state index in [0.717, 1.165) is 0 Å². The van der Waals surface area contributed by atoms with Gasteiger partial charge >= 0.3 is 0 Å². The quantitative estimate of drug-likeness (QED) is 0.460. The molecular formula is C17H15NO3S. The van der Waals surface area contributed by atoms with Crippen molar-refractivity contribution in [3.05, 3.63) is 51.7 Å². The first-order chi connectivity index (χ1) is 10.7. The summed E-state index contributed by atoms with van der Waals surface area (Å²) in [5, 5.41) is 12.8. The smallest absolute Gasteiger partial charge is 0.204 e. The van der Waals surface area contributed by atoms with Crippen LogP contribution in [0.1, 0.15) is 22.8 Å². The van der Waals surface area contributed by atoms with Gasteiger partial charge < -0.3 is 9.47 Å². The second-order valence-electron chi connectivity index (χ2n) is 4.35. The third-order valence-electron chi connectivity index (χ3n) is 2.95. The van der Waals surface area contributed by atoms with Gasteiger partial charge in [0.2, 0.25) is 5.78 Å². The molecule has 2 rings (SSSR count). The molecule has 0 aliphatic rings. The van der Waals surface area contributed by atoms with Crippen LogP contribution in [0.15, 0.2) is 40.6 Å². The lowest BCUT2D eigenvalue weighted by Crippen LogP contribution is -2.00. The number of nitrogens with zero attached hydrogens (tertiary/aromatic N) is 1. The molecule has 0 saturated carbocycles. The monoisotopic (exact) mass is 313 g/mol. The molecule has 4 nitrogen and oxygen atoms in total. The number of ketones is 1. The van der Waals surface area contributed by atoms with Crippen LogP contribution in [0.3, 0.4) is 0 Å². The summed E-state index contributed by atoms with van der Waals surface area (Å²) in [5.41, 5.74) is 1.32. The van der Waals surface area contributed by atoms with E-state index < -0.39 is 0 Å². The number of carbonyl (C=O) groups is 1. The maximum atomic E-state index is 12.2. The molecular weight excluding hydrogens is 298 g/mol. The van der Waals surface area contributed by atoms with Crippen molar-refractivity contribution in [1.82, 2.24) is 0 Å². The van der Waals surface area contributed by atoms with E-state index >= 15 is 0 Å². The SMILES string of the molecule is CCOc1ccc(/C=C(/C#N)C(=O)c2ccsc2)cc1OC. The molecule has 112 valence electrons. The highest BCUT2D eigenvalue weighted by Gasteiger charge is 2.13. The summed E-state index contributed by atoms with van der Waals surface area (Å²) < 4.78 is 10.7. The third-order valence-corrected chi connectivity index (χ3v) is 3.63. The Labute approximate surface area is 133 Å². The van der Waals surface area contributed by atoms with Crippen LogP contribution in [0.4, 0.5) is 0 Å². The lowest BCUT2D eigenvalue weighted by molar-refractivity contribution is 0.104. The van der Waals surface area contributed by atoms with E-state index in [4.69, 9.17) is 9.47 Å². The predicted molar refractivity (Wildman–Crippen MR) is 86.4 cm³/mol. The zero-order chi connectivity index (χ0) is 15.9. The van der Waals surface area contributed by atoms with Crippen molar-refractivity contribution < 1.29 is 14.3 Å². The molecule has 1 heterocycles. The molecule has 1 aromatic heterocycles. The number of hydrogen-bond acceptors (Lipinski definition) is 5. The van der Waals surface area contributed by atoms with Gasteiger partial charge in [-0.25, -0.2) is 0 Å². The molecule has 0 atom stereocenters. The summed E-state index contributed by atoms with van der Waals surface area (Å²) >= 11 is 1.42. The molecule has 22 heavy (non-hydrogen) atoms. The van der Waals surface area contributed by atoms with E-state index in [-0.39, 0.29) is 11.4 Å². The van der Waals surface area contributed by atoms with Crippen molar-refractivity contribution in [1.29, 1.82) is 5.26 Å². The summed E-state index contributed by atoms with van der Waals surface area (Å²) in [7, 11) is 1.55. The van der Waals surface area contributed by atoms with Crippen LogP contribution in [-0.2, 0) is 0 Å². The minimum Gasteiger partial charge on any atom is -0.493 e. The van der Waals surface area contributed by atoms with Gasteiger partial charge in [-0.15, -0.1) is 0 Å². The second kappa shape index (κ2) is 7.43. The Morgan fingerprint density at radius 1 is 1.36 bits per heavy atom. The normalized spacial score (nSPS) is 10.9. The highest BCUT2D eigenvalue weighted by atomic mass is 32.1. The fraction of sp³-hybridized carbons (Fsp3) is 0.176. The van der Waals surface area contributed by atoms with Crippen molar-refractivity contribution in [3.8, 4) is 17.6 Å². The molecule has 0 radical (unpaired) electrons. The van der Waals surface area contributed by atoms with Crippen molar-refractivity contribution in [3.63, 3.8) is 0 Å². The van der Waals surface area contributed by atoms with Crippen LogP contribution >= 0.6 is 11.3 Å². The number of hydrogen-bond donors (Lipinski definition) is 0. The Morgan fingerprint density at radius 2 is 2.18 bits per heavy atom. The molecule has 0 aliphatic heterocycles. The molecule has 0 amide bonds. The van der Waals surface area contributed by atoms with Crippen molar-refractivity contribution in [2.24, 2.45) is 0 Å². The predicted octanol–water partition coefficient (Wildman–Crippen LogP) is 3.95. The average Bonchev–Trinajstić information content (AvgIpc) is 3.07. The van der Waals surface area contributed by atoms with Crippen LogP contribution in [0, 0.1) is 11.3 Å². The van der Waals surface area contributed by atoms with Crippen LogP contribution in [-0.4, -0.2) is 19.5 Å². The summed E-state index contributed by atoms with van der Waals surface area (Å²) in [4.78, 5) is 12.2. The average molecular weight is 313 g/mol. The summed E-state index contributed by atoms with van der Waals surface area (Å²) in [5.74, 6) is 0.914. The van der Waals surface area contributed by atoms with Crippen molar-refractivity contribution >= 4 is 23.2 Å². The zero-order valence-electron chi connectivity index (χ0n) is 12.3. The van der Waals surface area contributed by atoms with E-state index in [1.54, 1.807) is 42.8 Å². The lowest BCUT2D eigenvalue weighted by atomic mass is 10.0. The molecule has 5 heteroatoms. The first kappa shape index (κ1) is 15.8. The van der Waals surface area contributed by atoms with Gasteiger partial charge in [-0.05, 0) is 42.1 Å². The topological polar surface area (TPSA) is 59.3 Å². The summed E-state index contributed by atoms with van der Waals surface area (Å²) in [6.45, 7) is 2.42. The molecule has 2 aromatic rings. The number of ether oxygens (including phenoxy) is 2. The second-order valence-corrected chi connectivity index (χ2v) is 5.13. The van der Waals surface area contributed by atoms with E-state index in [1.807, 2.05) is 18.4 Å². The van der Waals surface area contributed by atoms with E-state index in [0.29, 0.717) is 29.2 Å². The fourth-order valence-corrected chi connectivity index (χ4v) is 2.55. The lowest BCUT2D eigenvalue weighted by Gasteiger charge is -2.09. The minimum atomic E-state index is -0.281. The molecule has 1 aromatic carbocycles. The van der Waals surface area contributed by atoms with E-state index in [2.05, 4.69) is 0 Å². The molecule has 0 spiro atoms. The number of nitriles is 1. The van der Waals surface area contributed by atoms with E-state index in [9.17, 15) is 10.1 Å². The van der Waals surface area contributed by atoms with Gasteiger partial charge in [0, 0.05) is 10.9 Å². The van der Waals surface area contributed by atoms with E-state index in [1.165, 1.54) is 11.3 Å². The van der Waals surface area contributed by atoms with Crippen LogP contribution < -0.4 is 9.47 Å². The van der Waals surface area contributed by atoms with Gasteiger partial charge in [0.1, 0.15) is 11.6 Å². The minimum absolute atomic E-state index is 0.0876. The standard InChI is InChI=1S/C17H15NO3S/c1-3-21-15-5-4-12(9-16(15)20-2)8-14(10-18)17(19)13-6-7-22-11-13/h4-9,11H,3H2,1-2H3/b14-8-. The highest BCUT2D eigenvalue weighted by molar-refractivity contribution is 7.08. The Hall–Kier alpha value is -2.58. The van der Waals surface area contributed by atoms with Crippen LogP contribution in [0.25, 0.3) is 6.08 Å². The molecule has 0 fully saturated rings.